The molecule has 1 N–H and O–H groups in total. The predicted molar refractivity (Wildman–Crippen MR) is 200 cm³/mol. The van der Waals surface area contributed by atoms with Crippen LogP contribution in [0.25, 0.3) is 72.4 Å². The summed E-state index contributed by atoms with van der Waals surface area (Å²) in [6.07, 6.45) is 4.08. The molecule has 0 fully saturated rings. The van der Waals surface area contributed by atoms with Crippen LogP contribution >= 0.6 is 0 Å². The minimum Gasteiger partial charge on any atom is -0.507 e. The number of phenolic OH excluding ortho intramolecular Hbond substituents is 1. The average Bonchev–Trinajstić information content (AvgIpc) is 3.73. The van der Waals surface area contributed by atoms with E-state index >= 15 is 0 Å². The van der Waals surface area contributed by atoms with Crippen molar-refractivity contribution >= 4 is 32.7 Å². The van der Waals surface area contributed by atoms with Crippen LogP contribution in [0.4, 0.5) is 0 Å². The lowest BCUT2D eigenvalue weighted by Crippen LogP contribution is -2.08. The smallest absolute Gasteiger partial charge is 0.149 e. The number of furan rings is 1. The minimum atomic E-state index is 0.155. The van der Waals surface area contributed by atoms with E-state index in [1.165, 1.54) is 33.2 Å². The maximum atomic E-state index is 11.8. The van der Waals surface area contributed by atoms with Gasteiger partial charge in [0.15, 0.2) is 0 Å². The number of benzene rings is 5. The van der Waals surface area contributed by atoms with E-state index in [2.05, 4.69) is 111 Å². The maximum Gasteiger partial charge on any atom is 0.149 e. The number of pyridine rings is 1. The summed E-state index contributed by atoms with van der Waals surface area (Å²) in [5.41, 5.74) is 12.1. The van der Waals surface area contributed by atoms with Crippen molar-refractivity contribution in [3.63, 3.8) is 0 Å². The molecular weight excluding hydrogens is 603 g/mol. The van der Waals surface area contributed by atoms with Crippen molar-refractivity contribution in [3.05, 3.63) is 132 Å². The number of rotatable bonds is 5. The molecule has 240 valence electrons. The van der Waals surface area contributed by atoms with Gasteiger partial charge in [-0.1, -0.05) is 113 Å². The van der Waals surface area contributed by atoms with Crippen LogP contribution in [0.15, 0.2) is 114 Å². The molecule has 1 aliphatic rings. The number of hydrogen-bond acceptors (Lipinski definition) is 4. The molecule has 0 atom stereocenters. The van der Waals surface area contributed by atoms with E-state index in [1.54, 1.807) is 6.07 Å². The number of aromatic hydroxyl groups is 1. The zero-order valence-corrected chi connectivity index (χ0v) is 28.2. The highest BCUT2D eigenvalue weighted by atomic mass is 16.3. The first-order valence-electron chi connectivity index (χ1n) is 17.3. The number of nitrogens with zero attached hydrogens (tertiary/aromatic N) is 3. The molecule has 0 spiro atoms. The summed E-state index contributed by atoms with van der Waals surface area (Å²) in [4.78, 5) is 11.0. The van der Waals surface area contributed by atoms with Gasteiger partial charge in [0.2, 0.25) is 0 Å². The van der Waals surface area contributed by atoms with Gasteiger partial charge in [0.05, 0.1) is 22.6 Å². The van der Waals surface area contributed by atoms with Gasteiger partial charge in [0, 0.05) is 27.9 Å². The normalized spacial score (nSPS) is 12.8. The molecule has 0 unspecified atom stereocenters. The third kappa shape index (κ3) is 4.52. The largest absolute Gasteiger partial charge is 0.507 e. The van der Waals surface area contributed by atoms with Crippen molar-refractivity contribution in [2.75, 3.05) is 0 Å². The number of para-hydroxylation sites is 2. The number of phenols is 1. The van der Waals surface area contributed by atoms with Crippen LogP contribution in [0, 0.1) is 0 Å². The molecule has 0 amide bonds. The van der Waals surface area contributed by atoms with Crippen LogP contribution in [0.1, 0.15) is 61.8 Å². The zero-order valence-electron chi connectivity index (χ0n) is 28.2. The van der Waals surface area contributed by atoms with Crippen molar-refractivity contribution in [3.8, 4) is 45.5 Å². The summed E-state index contributed by atoms with van der Waals surface area (Å²) in [6.45, 7) is 8.94. The Morgan fingerprint density at radius 3 is 2.12 bits per heavy atom. The molecule has 5 nitrogen and oxygen atoms in total. The van der Waals surface area contributed by atoms with Gasteiger partial charge in [-0.3, -0.25) is 4.57 Å². The van der Waals surface area contributed by atoms with Crippen molar-refractivity contribution in [2.45, 2.75) is 52.4 Å². The van der Waals surface area contributed by atoms with Gasteiger partial charge in [-0.05, 0) is 70.5 Å². The van der Waals surface area contributed by atoms with Crippen molar-refractivity contribution in [2.24, 2.45) is 0 Å². The first-order valence-corrected chi connectivity index (χ1v) is 17.3. The molecule has 3 heterocycles. The fourth-order valence-corrected chi connectivity index (χ4v) is 7.88. The predicted octanol–water partition coefficient (Wildman–Crippen LogP) is 11.4. The quantitative estimate of drug-likeness (QED) is 0.203. The first-order chi connectivity index (χ1) is 23.9. The van der Waals surface area contributed by atoms with E-state index in [9.17, 15) is 5.11 Å². The Balaban J connectivity index is 1.42. The lowest BCUT2D eigenvalue weighted by atomic mass is 9.86. The molecule has 49 heavy (non-hydrogen) atoms. The third-order valence-electron chi connectivity index (χ3n) is 10.2. The Morgan fingerprint density at radius 1 is 0.653 bits per heavy atom. The highest BCUT2D eigenvalue weighted by Crippen LogP contribution is 2.46. The molecular formula is C44H37N3O2. The van der Waals surface area contributed by atoms with Gasteiger partial charge < -0.3 is 9.52 Å². The van der Waals surface area contributed by atoms with Crippen LogP contribution in [0.2, 0.25) is 0 Å². The zero-order chi connectivity index (χ0) is 33.4. The Labute approximate surface area is 285 Å². The molecule has 5 heteroatoms. The number of aromatic nitrogens is 3. The second-order valence-electron chi connectivity index (χ2n) is 13.8. The summed E-state index contributed by atoms with van der Waals surface area (Å²) in [5.74, 6) is 1.32. The Morgan fingerprint density at radius 2 is 1.35 bits per heavy atom. The van der Waals surface area contributed by atoms with Gasteiger partial charge >= 0.3 is 0 Å². The van der Waals surface area contributed by atoms with Crippen LogP contribution < -0.4 is 0 Å². The molecule has 3 aromatic heterocycles. The SMILES string of the molecule is CC(C)c1cccc(C(C)C)c1-n1cc(-c2nc3c(c4ccccc24)CCc2ccccc2-3)nc1-c1c(O)ccc2oc3ccccc3c12. The second kappa shape index (κ2) is 11.2. The molecule has 0 saturated heterocycles. The van der Waals surface area contributed by atoms with E-state index < -0.39 is 0 Å². The molecule has 8 aromatic rings. The second-order valence-corrected chi connectivity index (χ2v) is 13.8. The number of hydrogen-bond donors (Lipinski definition) is 1. The van der Waals surface area contributed by atoms with E-state index in [1.807, 2.05) is 24.3 Å². The van der Waals surface area contributed by atoms with E-state index in [0.717, 1.165) is 57.4 Å². The van der Waals surface area contributed by atoms with Gasteiger partial charge in [0.1, 0.15) is 28.4 Å². The first kappa shape index (κ1) is 29.5. The van der Waals surface area contributed by atoms with Crippen LogP contribution in [0.5, 0.6) is 5.75 Å². The molecule has 0 radical (unpaired) electrons. The molecule has 0 bridgehead atoms. The molecule has 0 saturated carbocycles. The van der Waals surface area contributed by atoms with Crippen molar-refractivity contribution in [1.82, 2.24) is 14.5 Å². The summed E-state index contributed by atoms with van der Waals surface area (Å²) in [7, 11) is 0. The Kier molecular flexibility index (Phi) is 6.73. The van der Waals surface area contributed by atoms with E-state index in [-0.39, 0.29) is 17.6 Å². The van der Waals surface area contributed by atoms with Crippen LogP contribution in [-0.4, -0.2) is 19.6 Å². The van der Waals surface area contributed by atoms with Crippen molar-refractivity contribution in [1.29, 1.82) is 0 Å². The fraction of sp³-hybridized carbons (Fsp3) is 0.182. The minimum absolute atomic E-state index is 0.155. The summed E-state index contributed by atoms with van der Waals surface area (Å²) in [5, 5.41) is 15.9. The highest BCUT2D eigenvalue weighted by molar-refractivity contribution is 6.13. The van der Waals surface area contributed by atoms with Crippen molar-refractivity contribution < 1.29 is 9.52 Å². The summed E-state index contributed by atoms with van der Waals surface area (Å²) in [6, 6.07) is 35.4. The van der Waals surface area contributed by atoms with Gasteiger partial charge in [-0.2, -0.15) is 0 Å². The van der Waals surface area contributed by atoms with E-state index in [0.29, 0.717) is 17.0 Å². The summed E-state index contributed by atoms with van der Waals surface area (Å²) < 4.78 is 8.53. The Bertz CT molecular complexity index is 2560. The number of fused-ring (bicyclic) bond motifs is 8. The maximum absolute atomic E-state index is 11.8. The molecule has 0 aliphatic heterocycles. The highest BCUT2D eigenvalue weighted by Gasteiger charge is 2.28. The van der Waals surface area contributed by atoms with Gasteiger partial charge in [-0.15, -0.1) is 0 Å². The molecule has 1 aliphatic carbocycles. The molecule has 5 aromatic carbocycles. The topological polar surface area (TPSA) is 64.1 Å². The van der Waals surface area contributed by atoms with Crippen LogP contribution in [-0.2, 0) is 12.8 Å². The van der Waals surface area contributed by atoms with Crippen LogP contribution in [0.3, 0.4) is 0 Å². The third-order valence-corrected chi connectivity index (χ3v) is 10.2. The monoisotopic (exact) mass is 639 g/mol. The van der Waals surface area contributed by atoms with Gasteiger partial charge in [-0.25, -0.2) is 9.97 Å². The lowest BCUT2D eigenvalue weighted by Gasteiger charge is -2.22. The average molecular weight is 640 g/mol. The standard InChI is InChI=1S/C44H37N3O2/c1-25(2)28-17-11-18-29(26(3)4)43(28)47-24-35(45-44(47)40-36(48)22-23-38-39(40)34-16-9-10-19-37(34)49-38)42-32-15-8-7-14-31(32)33-21-20-27-12-5-6-13-30(27)41(33)46-42/h5-19,22-26,48H,20-21H2,1-4H3. The molecule has 9 rings (SSSR count). The van der Waals surface area contributed by atoms with Gasteiger partial charge in [0.25, 0.3) is 0 Å². The summed E-state index contributed by atoms with van der Waals surface area (Å²) >= 11 is 0. The Hall–Kier alpha value is -5.68. The number of imidazole rings is 1. The number of aryl methyl sites for hydroxylation is 2. The van der Waals surface area contributed by atoms with E-state index in [4.69, 9.17) is 14.4 Å². The fourth-order valence-electron chi connectivity index (χ4n) is 7.88. The lowest BCUT2D eigenvalue weighted by molar-refractivity contribution is 0.477.